The molecule has 0 unspecified atom stereocenters. The Morgan fingerprint density at radius 3 is 2.41 bits per heavy atom. The van der Waals surface area contributed by atoms with Gasteiger partial charge in [0.05, 0.1) is 24.7 Å². The third-order valence-corrected chi connectivity index (χ3v) is 4.10. The molecule has 27 heavy (non-hydrogen) atoms. The first kappa shape index (κ1) is 18.6. The number of carbonyl (C=O) groups is 1. The summed E-state index contributed by atoms with van der Waals surface area (Å²) in [6, 6.07) is 16.8. The van der Waals surface area contributed by atoms with Crippen molar-refractivity contribution in [2.75, 3.05) is 12.4 Å². The maximum atomic E-state index is 12.5. The van der Waals surface area contributed by atoms with Crippen LogP contribution in [-0.4, -0.2) is 23.0 Å². The second kappa shape index (κ2) is 8.45. The van der Waals surface area contributed by atoms with E-state index in [1.54, 1.807) is 25.4 Å². The molecule has 0 fully saturated rings. The van der Waals surface area contributed by atoms with E-state index in [0.29, 0.717) is 17.3 Å². The number of benzene rings is 2. The van der Waals surface area contributed by atoms with Gasteiger partial charge in [0.1, 0.15) is 5.75 Å². The summed E-state index contributed by atoms with van der Waals surface area (Å²) < 4.78 is 5.20. The molecule has 1 amide bonds. The molecule has 5 nitrogen and oxygen atoms in total. The fourth-order valence-corrected chi connectivity index (χ4v) is 2.73. The summed E-state index contributed by atoms with van der Waals surface area (Å²) in [4.78, 5) is 21.7. The third kappa shape index (κ3) is 4.70. The van der Waals surface area contributed by atoms with Gasteiger partial charge in [-0.15, -0.1) is 0 Å². The highest BCUT2D eigenvalue weighted by Gasteiger charge is 2.14. The second-order valence-corrected chi connectivity index (χ2v) is 6.70. The van der Waals surface area contributed by atoms with Crippen LogP contribution in [0.25, 0.3) is 11.3 Å². The van der Waals surface area contributed by atoms with Gasteiger partial charge in [-0.1, -0.05) is 32.0 Å². The number of methoxy groups -OCH3 is 1. The number of rotatable bonds is 6. The van der Waals surface area contributed by atoms with E-state index < -0.39 is 0 Å². The lowest BCUT2D eigenvalue weighted by Gasteiger charge is -2.13. The first-order valence-corrected chi connectivity index (χ1v) is 8.93. The molecule has 0 atom stereocenters. The van der Waals surface area contributed by atoms with E-state index >= 15 is 0 Å². The molecule has 0 saturated carbocycles. The molecular formula is C22H23N3O2. The summed E-state index contributed by atoms with van der Waals surface area (Å²) in [5.74, 6) is 1.50. The molecule has 3 rings (SSSR count). The molecule has 1 N–H and O–H groups in total. The van der Waals surface area contributed by atoms with E-state index in [1.807, 2.05) is 42.5 Å². The first-order chi connectivity index (χ1) is 13.1. The van der Waals surface area contributed by atoms with Gasteiger partial charge in [-0.3, -0.25) is 4.79 Å². The van der Waals surface area contributed by atoms with E-state index in [1.165, 1.54) is 0 Å². The highest BCUT2D eigenvalue weighted by Crippen LogP contribution is 2.24. The molecule has 1 heterocycles. The van der Waals surface area contributed by atoms with Gasteiger partial charge < -0.3 is 10.1 Å². The van der Waals surface area contributed by atoms with Gasteiger partial charge >= 0.3 is 0 Å². The zero-order chi connectivity index (χ0) is 19.2. The Bertz CT molecular complexity index is 907. The summed E-state index contributed by atoms with van der Waals surface area (Å²) in [5.41, 5.74) is 3.09. The smallest absolute Gasteiger partial charge is 0.256 e. The number of amides is 1. The Balaban J connectivity index is 1.90. The molecule has 0 aliphatic rings. The average Bonchev–Trinajstić information content (AvgIpc) is 2.69. The monoisotopic (exact) mass is 361 g/mol. The minimum atomic E-state index is -0.188. The molecule has 2 aromatic carbocycles. The van der Waals surface area contributed by atoms with E-state index in [2.05, 4.69) is 24.1 Å². The molecule has 0 radical (unpaired) electrons. The molecule has 0 spiro atoms. The van der Waals surface area contributed by atoms with Crippen LogP contribution in [0.2, 0.25) is 0 Å². The molecular weight excluding hydrogens is 338 g/mol. The van der Waals surface area contributed by atoms with Crippen LogP contribution >= 0.6 is 0 Å². The van der Waals surface area contributed by atoms with Gasteiger partial charge in [-0.25, -0.2) is 9.97 Å². The zero-order valence-electron chi connectivity index (χ0n) is 15.8. The molecule has 0 aliphatic heterocycles. The standard InChI is InChI=1S/C22H23N3O2/c1-15(2)13-19-21(25-22(26)17-7-5-4-6-8-17)23-14-20(24-19)16-9-11-18(27-3)12-10-16/h4-12,14-15H,13H2,1-3H3,(H,23,25,26). The van der Waals surface area contributed by atoms with E-state index in [0.717, 1.165) is 29.1 Å². The second-order valence-electron chi connectivity index (χ2n) is 6.70. The largest absolute Gasteiger partial charge is 0.497 e. The zero-order valence-corrected chi connectivity index (χ0v) is 15.8. The number of hydrogen-bond acceptors (Lipinski definition) is 4. The van der Waals surface area contributed by atoms with Gasteiger partial charge in [0.25, 0.3) is 5.91 Å². The minimum absolute atomic E-state index is 0.188. The van der Waals surface area contributed by atoms with Crippen molar-refractivity contribution in [1.82, 2.24) is 9.97 Å². The molecule has 0 bridgehead atoms. The van der Waals surface area contributed by atoms with Crippen molar-refractivity contribution >= 4 is 11.7 Å². The van der Waals surface area contributed by atoms with Gasteiger partial charge in [0, 0.05) is 11.1 Å². The maximum Gasteiger partial charge on any atom is 0.256 e. The van der Waals surface area contributed by atoms with Gasteiger partial charge in [-0.05, 0) is 48.7 Å². The maximum absolute atomic E-state index is 12.5. The molecule has 5 heteroatoms. The Morgan fingerprint density at radius 2 is 1.78 bits per heavy atom. The minimum Gasteiger partial charge on any atom is -0.497 e. The Labute approximate surface area is 159 Å². The van der Waals surface area contributed by atoms with Crippen LogP contribution < -0.4 is 10.1 Å². The number of nitrogens with zero attached hydrogens (tertiary/aromatic N) is 2. The van der Waals surface area contributed by atoms with Crippen LogP contribution in [0.3, 0.4) is 0 Å². The summed E-state index contributed by atoms with van der Waals surface area (Å²) >= 11 is 0. The van der Waals surface area contributed by atoms with Crippen LogP contribution in [0.5, 0.6) is 5.75 Å². The number of carbonyl (C=O) groups excluding carboxylic acids is 1. The number of ether oxygens (including phenoxy) is 1. The number of nitrogens with one attached hydrogen (secondary N) is 1. The Hall–Kier alpha value is -3.21. The van der Waals surface area contributed by atoms with Crippen molar-refractivity contribution in [1.29, 1.82) is 0 Å². The van der Waals surface area contributed by atoms with Crippen molar-refractivity contribution in [2.24, 2.45) is 5.92 Å². The fourth-order valence-electron chi connectivity index (χ4n) is 2.73. The van der Waals surface area contributed by atoms with E-state index in [-0.39, 0.29) is 5.91 Å². The lowest BCUT2D eigenvalue weighted by molar-refractivity contribution is 0.102. The van der Waals surface area contributed by atoms with Crippen molar-refractivity contribution in [3.8, 4) is 17.0 Å². The quantitative estimate of drug-likeness (QED) is 0.697. The van der Waals surface area contributed by atoms with Crippen LogP contribution in [0, 0.1) is 5.92 Å². The van der Waals surface area contributed by atoms with Crippen LogP contribution in [0.1, 0.15) is 29.9 Å². The highest BCUT2D eigenvalue weighted by atomic mass is 16.5. The van der Waals surface area contributed by atoms with Gasteiger partial charge in [0.15, 0.2) is 5.82 Å². The SMILES string of the molecule is COc1ccc(-c2cnc(NC(=O)c3ccccc3)c(CC(C)C)n2)cc1. The number of hydrogen-bond donors (Lipinski definition) is 1. The topological polar surface area (TPSA) is 64.1 Å². The lowest BCUT2D eigenvalue weighted by atomic mass is 10.1. The van der Waals surface area contributed by atoms with Crippen LogP contribution in [0.15, 0.2) is 60.8 Å². The predicted octanol–water partition coefficient (Wildman–Crippen LogP) is 4.60. The van der Waals surface area contributed by atoms with E-state index in [9.17, 15) is 4.79 Å². The summed E-state index contributed by atoms with van der Waals surface area (Å²) in [7, 11) is 1.64. The predicted molar refractivity (Wildman–Crippen MR) is 107 cm³/mol. The van der Waals surface area contributed by atoms with Crippen molar-refractivity contribution in [3.05, 3.63) is 72.1 Å². The van der Waals surface area contributed by atoms with Crippen molar-refractivity contribution < 1.29 is 9.53 Å². The fraction of sp³-hybridized carbons (Fsp3) is 0.227. The highest BCUT2D eigenvalue weighted by molar-refractivity contribution is 6.04. The van der Waals surface area contributed by atoms with E-state index in [4.69, 9.17) is 9.72 Å². The molecule has 0 aliphatic carbocycles. The molecule has 138 valence electrons. The lowest BCUT2D eigenvalue weighted by Crippen LogP contribution is -2.16. The third-order valence-electron chi connectivity index (χ3n) is 4.10. The van der Waals surface area contributed by atoms with Crippen LogP contribution in [-0.2, 0) is 6.42 Å². The van der Waals surface area contributed by atoms with Gasteiger partial charge in [-0.2, -0.15) is 0 Å². The number of aromatic nitrogens is 2. The van der Waals surface area contributed by atoms with Gasteiger partial charge in [0.2, 0.25) is 0 Å². The summed E-state index contributed by atoms with van der Waals surface area (Å²) in [6.07, 6.45) is 2.41. The molecule has 0 saturated heterocycles. The number of anilines is 1. The summed E-state index contributed by atoms with van der Waals surface area (Å²) in [6.45, 7) is 4.23. The average molecular weight is 361 g/mol. The van der Waals surface area contributed by atoms with Crippen molar-refractivity contribution in [3.63, 3.8) is 0 Å². The van der Waals surface area contributed by atoms with Crippen LogP contribution in [0.4, 0.5) is 5.82 Å². The molecule has 1 aromatic heterocycles. The summed E-state index contributed by atoms with van der Waals surface area (Å²) in [5, 5.41) is 2.90. The Kier molecular flexibility index (Phi) is 5.81. The van der Waals surface area contributed by atoms with Crippen molar-refractivity contribution in [2.45, 2.75) is 20.3 Å². The first-order valence-electron chi connectivity index (χ1n) is 8.93. The Morgan fingerprint density at radius 1 is 1.07 bits per heavy atom. The molecule has 3 aromatic rings. The normalized spacial score (nSPS) is 10.7.